The fourth-order valence-corrected chi connectivity index (χ4v) is 20.0. The summed E-state index contributed by atoms with van der Waals surface area (Å²) in [5, 5.41) is 0. The molecule has 0 amide bonds. The number of unbranched alkanes of at least 4 members (excludes halogenated alkanes) is 3. The second-order valence-electron chi connectivity index (χ2n) is 7.25. The monoisotopic (exact) mass is 426 g/mol. The number of ether oxygens (including phenoxy) is 1. The van der Waals surface area contributed by atoms with Crippen LogP contribution >= 0.6 is 0 Å². The van der Waals surface area contributed by atoms with Crippen molar-refractivity contribution in [3.63, 3.8) is 0 Å². The SMILES string of the molecule is CCC[CH2][Sn]([CH2]CCC)([CH2]CCC)[c]1ccccc1OC(C)C. The molecule has 0 bridgehead atoms. The molecule has 0 heterocycles. The second-order valence-corrected chi connectivity index (χ2v) is 20.4. The molecule has 0 fully saturated rings. The number of benzene rings is 1. The van der Waals surface area contributed by atoms with Crippen molar-refractivity contribution in [2.24, 2.45) is 0 Å². The van der Waals surface area contributed by atoms with Gasteiger partial charge in [-0.3, -0.25) is 0 Å². The van der Waals surface area contributed by atoms with Crippen molar-refractivity contribution in [3.8, 4) is 5.75 Å². The predicted molar refractivity (Wildman–Crippen MR) is 107 cm³/mol. The summed E-state index contributed by atoms with van der Waals surface area (Å²) in [5.41, 5.74) is 0. The third-order valence-electron chi connectivity index (χ3n) is 4.85. The Balaban J connectivity index is 3.22. The van der Waals surface area contributed by atoms with E-state index < -0.39 is 18.4 Å². The van der Waals surface area contributed by atoms with Crippen LogP contribution in [0.15, 0.2) is 24.3 Å². The van der Waals surface area contributed by atoms with Crippen molar-refractivity contribution in [1.29, 1.82) is 0 Å². The van der Waals surface area contributed by atoms with Gasteiger partial charge in [-0.25, -0.2) is 0 Å². The Morgan fingerprint density at radius 3 is 1.74 bits per heavy atom. The van der Waals surface area contributed by atoms with Crippen LogP contribution in [0.1, 0.15) is 73.1 Å². The molecular weight excluding hydrogens is 387 g/mol. The third-order valence-corrected chi connectivity index (χ3v) is 20.5. The average Bonchev–Trinajstić information content (AvgIpc) is 2.55. The summed E-state index contributed by atoms with van der Waals surface area (Å²) in [5.74, 6) is 1.21. The zero-order valence-electron chi connectivity index (χ0n) is 16.2. The van der Waals surface area contributed by atoms with E-state index >= 15 is 0 Å². The van der Waals surface area contributed by atoms with Crippen LogP contribution in [-0.4, -0.2) is 24.5 Å². The molecule has 0 unspecified atom stereocenters. The van der Waals surface area contributed by atoms with Crippen molar-refractivity contribution in [1.82, 2.24) is 0 Å². The topological polar surface area (TPSA) is 9.23 Å². The third kappa shape index (κ3) is 6.68. The first-order valence-corrected chi connectivity index (χ1v) is 17.3. The molecule has 0 atom stereocenters. The van der Waals surface area contributed by atoms with Gasteiger partial charge in [0, 0.05) is 0 Å². The van der Waals surface area contributed by atoms with Crippen LogP contribution in [0.3, 0.4) is 0 Å². The van der Waals surface area contributed by atoms with Gasteiger partial charge in [-0.05, 0) is 0 Å². The van der Waals surface area contributed by atoms with Gasteiger partial charge in [-0.15, -0.1) is 0 Å². The van der Waals surface area contributed by atoms with E-state index in [0.717, 1.165) is 0 Å². The van der Waals surface area contributed by atoms with Crippen LogP contribution in [0.25, 0.3) is 0 Å². The molecule has 1 aromatic rings. The van der Waals surface area contributed by atoms with Crippen molar-refractivity contribution >= 4 is 22.0 Å². The number of rotatable bonds is 12. The molecule has 0 aromatic heterocycles. The van der Waals surface area contributed by atoms with Gasteiger partial charge < -0.3 is 0 Å². The summed E-state index contributed by atoms with van der Waals surface area (Å²) in [4.78, 5) is 0. The maximum absolute atomic E-state index is 6.24. The van der Waals surface area contributed by atoms with Crippen LogP contribution in [0.4, 0.5) is 0 Å². The van der Waals surface area contributed by atoms with Crippen LogP contribution in [-0.2, 0) is 0 Å². The van der Waals surface area contributed by atoms with E-state index in [2.05, 4.69) is 58.9 Å². The Morgan fingerprint density at radius 1 is 0.826 bits per heavy atom. The molecule has 132 valence electrons. The van der Waals surface area contributed by atoms with Gasteiger partial charge in [0.2, 0.25) is 0 Å². The minimum absolute atomic E-state index is 0.267. The van der Waals surface area contributed by atoms with Gasteiger partial charge in [0.15, 0.2) is 0 Å². The van der Waals surface area contributed by atoms with Gasteiger partial charge in [0.1, 0.15) is 0 Å². The molecule has 0 aliphatic carbocycles. The normalized spacial score (nSPS) is 11.9. The Kier molecular flexibility index (Phi) is 10.3. The summed E-state index contributed by atoms with van der Waals surface area (Å²) in [7, 11) is 0. The van der Waals surface area contributed by atoms with Gasteiger partial charge in [0.25, 0.3) is 0 Å². The van der Waals surface area contributed by atoms with Crippen molar-refractivity contribution < 1.29 is 4.74 Å². The van der Waals surface area contributed by atoms with Gasteiger partial charge in [-0.1, -0.05) is 0 Å². The second kappa shape index (κ2) is 11.4. The molecule has 1 nitrogen and oxygen atoms in total. The van der Waals surface area contributed by atoms with E-state index in [0.29, 0.717) is 0 Å². The zero-order chi connectivity index (χ0) is 17.1. The van der Waals surface area contributed by atoms with E-state index in [1.54, 1.807) is 3.58 Å². The molecule has 0 aliphatic heterocycles. The molecule has 0 aliphatic rings. The molecule has 0 N–H and O–H groups in total. The number of hydrogen-bond acceptors (Lipinski definition) is 1. The standard InChI is InChI=1S/C9H11O.3C4H9.Sn/c1-8(2)10-9-6-4-3-5-7-9;3*1-3-4-2;/h3-6,8H,1-2H3;3*1,3-4H2,2H3;. The first-order valence-electron chi connectivity index (χ1n) is 9.85. The van der Waals surface area contributed by atoms with E-state index in [9.17, 15) is 0 Å². The quantitative estimate of drug-likeness (QED) is 0.346. The average molecular weight is 425 g/mol. The van der Waals surface area contributed by atoms with E-state index in [1.165, 1.54) is 57.6 Å². The summed E-state index contributed by atoms with van der Waals surface area (Å²) in [6.45, 7) is 11.3. The molecule has 0 saturated heterocycles. The first kappa shape index (κ1) is 20.9. The number of hydrogen-bond donors (Lipinski definition) is 0. The minimum atomic E-state index is -2.38. The van der Waals surface area contributed by atoms with Crippen LogP contribution in [0, 0.1) is 0 Å². The van der Waals surface area contributed by atoms with E-state index in [4.69, 9.17) is 4.74 Å². The summed E-state index contributed by atoms with van der Waals surface area (Å²) in [6, 6.07) is 9.05. The fraction of sp³-hybridized carbons (Fsp3) is 0.714. The molecule has 23 heavy (non-hydrogen) atoms. The Labute approximate surface area is 149 Å². The molecular formula is C21H38OSn. The van der Waals surface area contributed by atoms with Crippen molar-refractivity contribution in [2.45, 2.75) is 92.6 Å². The molecule has 1 rings (SSSR count). The summed E-state index contributed by atoms with van der Waals surface area (Å²) < 4.78 is 12.4. The van der Waals surface area contributed by atoms with Gasteiger partial charge in [0.05, 0.1) is 0 Å². The van der Waals surface area contributed by atoms with Crippen molar-refractivity contribution in [2.75, 3.05) is 0 Å². The molecule has 0 spiro atoms. The van der Waals surface area contributed by atoms with Crippen LogP contribution in [0.2, 0.25) is 13.3 Å². The molecule has 1 aromatic carbocycles. The van der Waals surface area contributed by atoms with Crippen LogP contribution in [0.5, 0.6) is 5.75 Å². The van der Waals surface area contributed by atoms with Gasteiger partial charge >= 0.3 is 149 Å². The fourth-order valence-electron chi connectivity index (χ4n) is 3.59. The maximum atomic E-state index is 6.24. The van der Waals surface area contributed by atoms with Crippen LogP contribution < -0.4 is 8.32 Å². The van der Waals surface area contributed by atoms with Crippen molar-refractivity contribution in [3.05, 3.63) is 24.3 Å². The first-order chi connectivity index (χ1) is 11.1. The van der Waals surface area contributed by atoms with E-state index in [1.807, 2.05) is 0 Å². The summed E-state index contributed by atoms with van der Waals surface area (Å²) >= 11 is -2.38. The predicted octanol–water partition coefficient (Wildman–Crippen LogP) is 6.53. The Morgan fingerprint density at radius 2 is 1.30 bits per heavy atom. The summed E-state index contributed by atoms with van der Waals surface area (Å²) in [6.07, 6.45) is 8.44. The van der Waals surface area contributed by atoms with E-state index in [-0.39, 0.29) is 6.10 Å². The Bertz CT molecular complexity index is 406. The Hall–Kier alpha value is -0.181. The molecule has 2 heteroatoms. The van der Waals surface area contributed by atoms with Gasteiger partial charge in [-0.2, -0.15) is 0 Å². The molecule has 0 saturated carbocycles. The number of para-hydroxylation sites is 1. The zero-order valence-corrected chi connectivity index (χ0v) is 19.0. The molecule has 0 radical (unpaired) electrons.